The number of nitrogens with zero attached hydrogens (tertiary/aromatic N) is 4. The first-order valence-corrected chi connectivity index (χ1v) is 7.38. The van der Waals surface area contributed by atoms with Crippen LogP contribution in [0.5, 0.6) is 0 Å². The molecule has 164 valence electrons. The zero-order valence-corrected chi connectivity index (χ0v) is 24.8. The quantitative estimate of drug-likeness (QED) is 0.219. The number of pyridine rings is 2. The van der Waals surface area contributed by atoms with Gasteiger partial charge in [-0.2, -0.15) is 0 Å². The predicted molar refractivity (Wildman–Crippen MR) is 135 cm³/mol. The fraction of sp³-hybridized carbons (Fsp3) is 0.0526. The van der Waals surface area contributed by atoms with E-state index in [1.807, 2.05) is 66.9 Å². The van der Waals surface area contributed by atoms with E-state index in [9.17, 15) is 0 Å². The van der Waals surface area contributed by atoms with Gasteiger partial charge in [0.25, 0.3) is 0 Å². The molecule has 4 nitrogen and oxygen atoms in total. The van der Waals surface area contributed by atoms with Crippen LogP contribution >= 0.6 is 67.9 Å². The summed E-state index contributed by atoms with van der Waals surface area (Å²) in [5.41, 5.74) is 3.62. The second kappa shape index (κ2) is 21.3. The Hall–Kier alpha value is 0.105. The molecule has 0 spiro atoms. The van der Waals surface area contributed by atoms with Gasteiger partial charge in [0.15, 0.2) is 0 Å². The zero-order chi connectivity index (χ0) is 15.7. The monoisotopic (exact) mass is 832 g/mol. The summed E-state index contributed by atoms with van der Waals surface area (Å²) in [6.45, 7) is 0. The molecule has 2 aromatic heterocycles. The van der Waals surface area contributed by atoms with E-state index in [4.69, 9.17) is 0 Å². The van der Waals surface area contributed by atoms with Gasteiger partial charge in [-0.3, -0.25) is 20.0 Å². The summed E-state index contributed by atoms with van der Waals surface area (Å²) in [6, 6.07) is 19.4. The Morgan fingerprint density at radius 3 is 1.72 bits per heavy atom. The summed E-state index contributed by atoms with van der Waals surface area (Å²) in [5, 5.41) is 0. The van der Waals surface area contributed by atoms with Crippen molar-refractivity contribution in [1.29, 1.82) is 0 Å². The average Bonchev–Trinajstić information content (AvgIpc) is 2.63. The minimum atomic E-state index is 0. The van der Waals surface area contributed by atoms with Crippen molar-refractivity contribution in [1.82, 2.24) is 9.97 Å². The minimum absolute atomic E-state index is 0. The van der Waals surface area contributed by atoms with Crippen LogP contribution in [0, 0.1) is 0 Å². The van der Waals surface area contributed by atoms with Crippen LogP contribution in [-0.4, -0.2) is 22.4 Å². The summed E-state index contributed by atoms with van der Waals surface area (Å²) in [4.78, 5) is 17.3. The van der Waals surface area contributed by atoms with E-state index >= 15 is 0 Å². The van der Waals surface area contributed by atoms with Crippen molar-refractivity contribution in [2.75, 3.05) is 0 Å². The molecule has 0 atom stereocenters. The van der Waals surface area contributed by atoms with E-state index in [0.717, 1.165) is 29.2 Å². The van der Waals surface area contributed by atoms with Gasteiger partial charge >= 0.3 is 0 Å². The maximum Gasteiger partial charge on any atom is 0.0812 e. The van der Waals surface area contributed by atoms with Gasteiger partial charge in [-0.15, -0.1) is 67.9 Å². The average molecular weight is 837 g/mol. The van der Waals surface area contributed by atoms with E-state index in [2.05, 4.69) is 20.0 Å². The molecule has 0 aliphatic carbocycles. The van der Waals surface area contributed by atoms with Crippen molar-refractivity contribution in [2.24, 2.45) is 9.98 Å². The molecule has 0 aliphatic rings. The van der Waals surface area contributed by atoms with Crippen molar-refractivity contribution in [3.8, 4) is 0 Å². The third-order valence-electron chi connectivity index (χ3n) is 3.15. The maximum atomic E-state index is 4.43. The van der Waals surface area contributed by atoms with Crippen LogP contribution in [0.25, 0.3) is 0 Å². The van der Waals surface area contributed by atoms with E-state index in [1.54, 1.807) is 18.6 Å². The molecule has 0 saturated carbocycles. The smallest absolute Gasteiger partial charge is 0.0812 e. The van der Waals surface area contributed by atoms with Crippen molar-refractivity contribution in [3.63, 3.8) is 0 Å². The molecule has 0 bridgehead atoms. The van der Waals surface area contributed by atoms with Crippen molar-refractivity contribution in [2.45, 2.75) is 6.42 Å². The van der Waals surface area contributed by atoms with E-state index in [1.165, 1.54) is 0 Å². The van der Waals surface area contributed by atoms with Crippen molar-refractivity contribution in [3.05, 3.63) is 84.4 Å². The van der Waals surface area contributed by atoms with Gasteiger partial charge in [0.05, 0.1) is 23.3 Å². The van der Waals surface area contributed by atoms with Crippen LogP contribution < -0.4 is 0 Å². The van der Waals surface area contributed by atoms with Crippen LogP contribution in [0.4, 0.5) is 11.4 Å². The zero-order valence-electron chi connectivity index (χ0n) is 14.8. The van der Waals surface area contributed by atoms with Crippen molar-refractivity contribution >= 4 is 91.7 Å². The first-order valence-electron chi connectivity index (χ1n) is 7.38. The standard InChI is InChI=1S/C19H16N4.4BrH.2Pd/c1-3-12-20-16(5-1)11-14-22-17-7-9-18(10-8-17)23-15-19-6-2-4-13-21-19;;;;;;/h1-10,12-15H,11H2;4*1H;;. The van der Waals surface area contributed by atoms with Crippen LogP contribution in [0.15, 0.2) is 83.0 Å². The molecule has 29 heavy (non-hydrogen) atoms. The van der Waals surface area contributed by atoms with Crippen LogP contribution in [0.1, 0.15) is 11.4 Å². The summed E-state index contributed by atoms with van der Waals surface area (Å²) < 4.78 is 0. The summed E-state index contributed by atoms with van der Waals surface area (Å²) >= 11 is 0. The Labute approximate surface area is 240 Å². The van der Waals surface area contributed by atoms with Gasteiger partial charge in [-0.1, -0.05) is 12.1 Å². The van der Waals surface area contributed by atoms with E-state index in [0.29, 0.717) is 0 Å². The minimum Gasteiger partial charge on any atom is -0.261 e. The number of halogens is 4. The molecule has 1 aromatic carbocycles. The molecule has 0 unspecified atom stereocenters. The molecule has 3 rings (SSSR count). The SMILES string of the molecule is Br.Br.Br.Br.C(Cc1ccccn1)=Nc1ccc(N=Cc2ccccn2)cc1.[Pd].[Pd]. The number of benzene rings is 1. The molecule has 0 aliphatic heterocycles. The molecule has 0 amide bonds. The fourth-order valence-corrected chi connectivity index (χ4v) is 1.98. The predicted octanol–water partition coefficient (Wildman–Crippen LogP) is 6.48. The molecular weight excluding hydrogens is 817 g/mol. The molecule has 0 N–H and O–H groups in total. The van der Waals surface area contributed by atoms with Crippen LogP contribution in [0.3, 0.4) is 0 Å². The number of aliphatic imine (C=N–C) groups is 2. The molecular formula is C19H20Br4N4Pd2. The third-order valence-corrected chi connectivity index (χ3v) is 3.15. The molecule has 0 fully saturated rings. The van der Waals surface area contributed by atoms with Gasteiger partial charge in [-0.05, 0) is 48.5 Å². The third kappa shape index (κ3) is 13.9. The van der Waals surface area contributed by atoms with Gasteiger partial charge < -0.3 is 0 Å². The summed E-state index contributed by atoms with van der Waals surface area (Å²) in [7, 11) is 0. The number of aromatic nitrogens is 2. The molecule has 0 saturated heterocycles. The van der Waals surface area contributed by atoms with E-state index < -0.39 is 0 Å². The molecule has 0 radical (unpaired) electrons. The Bertz CT molecular complexity index is 805. The maximum absolute atomic E-state index is 4.43. The molecule has 10 heteroatoms. The van der Waals surface area contributed by atoms with Crippen molar-refractivity contribution < 1.29 is 40.8 Å². The summed E-state index contributed by atoms with van der Waals surface area (Å²) in [6.07, 6.45) is 7.88. The fourth-order valence-electron chi connectivity index (χ4n) is 1.98. The molecule has 2 heterocycles. The first kappa shape index (κ1) is 36.5. The Morgan fingerprint density at radius 1 is 0.655 bits per heavy atom. The van der Waals surface area contributed by atoms with Gasteiger partial charge in [0, 0.05) is 71.6 Å². The topological polar surface area (TPSA) is 50.5 Å². The second-order valence-electron chi connectivity index (χ2n) is 4.87. The molecule has 3 aromatic rings. The Morgan fingerprint density at radius 2 is 1.21 bits per heavy atom. The largest absolute Gasteiger partial charge is 0.261 e. The first-order chi connectivity index (χ1) is 11.4. The number of rotatable bonds is 5. The van der Waals surface area contributed by atoms with Gasteiger partial charge in [-0.25, -0.2) is 0 Å². The van der Waals surface area contributed by atoms with Crippen LogP contribution in [0.2, 0.25) is 0 Å². The number of hydrogen-bond donors (Lipinski definition) is 0. The van der Waals surface area contributed by atoms with Gasteiger partial charge in [0.1, 0.15) is 0 Å². The van der Waals surface area contributed by atoms with E-state index in [-0.39, 0.29) is 109 Å². The Balaban J connectivity index is -0.000000521. The second-order valence-corrected chi connectivity index (χ2v) is 4.87. The van der Waals surface area contributed by atoms with Crippen LogP contribution in [-0.2, 0) is 47.3 Å². The normalized spacial score (nSPS) is 8.97. The summed E-state index contributed by atoms with van der Waals surface area (Å²) in [5.74, 6) is 0. The van der Waals surface area contributed by atoms with Gasteiger partial charge in [0.2, 0.25) is 0 Å². The number of hydrogen-bond acceptors (Lipinski definition) is 4. The Kier molecular flexibility index (Phi) is 26.8.